The van der Waals surface area contributed by atoms with E-state index in [2.05, 4.69) is 55.6 Å². The summed E-state index contributed by atoms with van der Waals surface area (Å²) in [6, 6.07) is 20.6. The molecule has 140 valence electrons. The summed E-state index contributed by atoms with van der Waals surface area (Å²) in [5.74, 6) is 1.02. The Hall–Kier alpha value is -2.81. The zero-order valence-corrected chi connectivity index (χ0v) is 16.5. The number of benzene rings is 3. The van der Waals surface area contributed by atoms with Crippen molar-refractivity contribution in [3.8, 4) is 5.75 Å². The van der Waals surface area contributed by atoms with Gasteiger partial charge in [0.15, 0.2) is 6.10 Å². The Balaban J connectivity index is 1.64. The number of ether oxygens (including phenoxy) is 1. The molecule has 0 spiro atoms. The average molecular weight is 361 g/mol. The molecule has 3 heteroatoms. The van der Waals surface area contributed by atoms with Gasteiger partial charge in [0.1, 0.15) is 5.75 Å². The summed E-state index contributed by atoms with van der Waals surface area (Å²) in [6.45, 7) is 8.57. The fourth-order valence-electron chi connectivity index (χ4n) is 3.15. The number of rotatable bonds is 6. The van der Waals surface area contributed by atoms with Gasteiger partial charge in [-0.2, -0.15) is 0 Å². The van der Waals surface area contributed by atoms with E-state index in [0.29, 0.717) is 12.5 Å². The van der Waals surface area contributed by atoms with Crippen molar-refractivity contribution < 1.29 is 9.53 Å². The van der Waals surface area contributed by atoms with Crippen LogP contribution in [-0.4, -0.2) is 12.0 Å². The predicted molar refractivity (Wildman–Crippen MR) is 111 cm³/mol. The summed E-state index contributed by atoms with van der Waals surface area (Å²) in [5.41, 5.74) is 3.32. The van der Waals surface area contributed by atoms with Crippen LogP contribution in [-0.2, 0) is 11.3 Å². The van der Waals surface area contributed by atoms with Crippen molar-refractivity contribution in [1.29, 1.82) is 0 Å². The minimum absolute atomic E-state index is 0.112. The molecule has 3 aromatic carbocycles. The number of carbonyl (C=O) groups is 1. The van der Waals surface area contributed by atoms with E-state index in [-0.39, 0.29) is 5.91 Å². The van der Waals surface area contributed by atoms with Crippen molar-refractivity contribution >= 4 is 16.7 Å². The van der Waals surface area contributed by atoms with Crippen LogP contribution in [0, 0.1) is 6.92 Å². The predicted octanol–water partition coefficient (Wildman–Crippen LogP) is 5.36. The monoisotopic (exact) mass is 361 g/mol. The molecular formula is C24H27NO2. The maximum atomic E-state index is 12.5. The second-order valence-electron chi connectivity index (χ2n) is 7.36. The zero-order chi connectivity index (χ0) is 19.4. The molecule has 0 aliphatic carbocycles. The van der Waals surface area contributed by atoms with Gasteiger partial charge in [0.2, 0.25) is 0 Å². The molecule has 1 atom stereocenters. The van der Waals surface area contributed by atoms with Gasteiger partial charge in [0.05, 0.1) is 0 Å². The first-order chi connectivity index (χ1) is 12.9. The first kappa shape index (κ1) is 19.0. The lowest BCUT2D eigenvalue weighted by atomic mass is 10.0. The van der Waals surface area contributed by atoms with Crippen LogP contribution in [0.5, 0.6) is 5.75 Å². The second kappa shape index (κ2) is 8.26. The number of aryl methyl sites for hydroxylation is 1. The number of hydrogen-bond donors (Lipinski definition) is 1. The summed E-state index contributed by atoms with van der Waals surface area (Å²) < 4.78 is 6.00. The largest absolute Gasteiger partial charge is 0.481 e. The molecule has 0 aliphatic rings. The van der Waals surface area contributed by atoms with Gasteiger partial charge in [-0.1, -0.05) is 62.4 Å². The highest BCUT2D eigenvalue weighted by Crippen LogP contribution is 2.28. The molecule has 0 fully saturated rings. The smallest absolute Gasteiger partial charge is 0.261 e. The number of amides is 1. The maximum Gasteiger partial charge on any atom is 0.261 e. The molecule has 0 unspecified atom stereocenters. The van der Waals surface area contributed by atoms with E-state index in [4.69, 9.17) is 4.74 Å². The van der Waals surface area contributed by atoms with Crippen LogP contribution < -0.4 is 10.1 Å². The third-order valence-corrected chi connectivity index (χ3v) is 4.74. The van der Waals surface area contributed by atoms with Crippen molar-refractivity contribution in [2.24, 2.45) is 0 Å². The summed E-state index contributed by atoms with van der Waals surface area (Å²) >= 11 is 0. The molecule has 0 radical (unpaired) electrons. The topological polar surface area (TPSA) is 38.3 Å². The lowest BCUT2D eigenvalue weighted by Gasteiger charge is -2.19. The van der Waals surface area contributed by atoms with Gasteiger partial charge in [-0.05, 0) is 59.4 Å². The Morgan fingerprint density at radius 2 is 1.70 bits per heavy atom. The SMILES string of the molecule is Cc1ccc(C(C)C)c(O[C@H](C)C(=O)NCc2ccc3ccccc3c2)c1. The van der Waals surface area contributed by atoms with Gasteiger partial charge >= 0.3 is 0 Å². The quantitative estimate of drug-likeness (QED) is 0.642. The van der Waals surface area contributed by atoms with Crippen molar-refractivity contribution in [3.63, 3.8) is 0 Å². The molecule has 0 bridgehead atoms. The molecule has 0 heterocycles. The molecule has 1 amide bonds. The molecule has 0 aliphatic heterocycles. The second-order valence-corrected chi connectivity index (χ2v) is 7.36. The third kappa shape index (κ3) is 4.68. The Labute approximate surface area is 161 Å². The molecule has 3 rings (SSSR count). The highest BCUT2D eigenvalue weighted by molar-refractivity contribution is 5.83. The average Bonchev–Trinajstić information content (AvgIpc) is 2.65. The highest BCUT2D eigenvalue weighted by atomic mass is 16.5. The summed E-state index contributed by atoms with van der Waals surface area (Å²) in [7, 11) is 0. The van der Waals surface area contributed by atoms with E-state index in [9.17, 15) is 4.79 Å². The standard InChI is InChI=1S/C24H27NO2/c1-16(2)22-12-9-17(3)13-23(22)27-18(4)24(26)25-15-19-10-11-20-7-5-6-8-21(20)14-19/h5-14,16,18H,15H2,1-4H3,(H,25,26)/t18-/m1/s1. The summed E-state index contributed by atoms with van der Waals surface area (Å²) in [4.78, 5) is 12.5. The van der Waals surface area contributed by atoms with Crippen molar-refractivity contribution in [2.75, 3.05) is 0 Å². The highest BCUT2D eigenvalue weighted by Gasteiger charge is 2.17. The molecule has 0 aromatic heterocycles. The van der Waals surface area contributed by atoms with Gasteiger partial charge in [-0.3, -0.25) is 4.79 Å². The van der Waals surface area contributed by atoms with E-state index in [1.807, 2.05) is 31.2 Å². The molecule has 27 heavy (non-hydrogen) atoms. The van der Waals surface area contributed by atoms with Crippen LogP contribution in [0.25, 0.3) is 10.8 Å². The van der Waals surface area contributed by atoms with Crippen LogP contribution in [0.4, 0.5) is 0 Å². The van der Waals surface area contributed by atoms with E-state index in [1.165, 1.54) is 10.8 Å². The van der Waals surface area contributed by atoms with Gasteiger partial charge in [-0.25, -0.2) is 0 Å². The Morgan fingerprint density at radius 3 is 2.44 bits per heavy atom. The van der Waals surface area contributed by atoms with E-state index in [0.717, 1.165) is 22.4 Å². The lowest BCUT2D eigenvalue weighted by Crippen LogP contribution is -2.36. The molecule has 0 saturated carbocycles. The van der Waals surface area contributed by atoms with Gasteiger partial charge < -0.3 is 10.1 Å². The minimum Gasteiger partial charge on any atom is -0.481 e. The number of hydrogen-bond acceptors (Lipinski definition) is 2. The third-order valence-electron chi connectivity index (χ3n) is 4.74. The molecule has 0 saturated heterocycles. The Morgan fingerprint density at radius 1 is 0.963 bits per heavy atom. The van der Waals surface area contributed by atoms with Gasteiger partial charge in [-0.15, -0.1) is 0 Å². The molecule has 3 nitrogen and oxygen atoms in total. The summed E-state index contributed by atoms with van der Waals surface area (Å²) in [5, 5.41) is 5.36. The zero-order valence-electron chi connectivity index (χ0n) is 16.5. The maximum absolute atomic E-state index is 12.5. The molecule has 1 N–H and O–H groups in total. The first-order valence-corrected chi connectivity index (χ1v) is 9.46. The van der Waals surface area contributed by atoms with E-state index >= 15 is 0 Å². The fourth-order valence-corrected chi connectivity index (χ4v) is 3.15. The fraction of sp³-hybridized carbons (Fsp3) is 0.292. The number of carbonyl (C=O) groups excluding carboxylic acids is 1. The van der Waals surface area contributed by atoms with Crippen LogP contribution in [0.1, 0.15) is 43.4 Å². The Bertz CT molecular complexity index is 946. The summed E-state index contributed by atoms with van der Waals surface area (Å²) in [6.07, 6.45) is -0.551. The van der Waals surface area contributed by atoms with Gasteiger partial charge in [0.25, 0.3) is 5.91 Å². The van der Waals surface area contributed by atoms with Crippen LogP contribution in [0.2, 0.25) is 0 Å². The van der Waals surface area contributed by atoms with Crippen LogP contribution in [0.15, 0.2) is 60.7 Å². The molecule has 3 aromatic rings. The normalized spacial score (nSPS) is 12.2. The van der Waals surface area contributed by atoms with Gasteiger partial charge in [0, 0.05) is 6.54 Å². The number of nitrogens with one attached hydrogen (secondary N) is 1. The minimum atomic E-state index is -0.551. The number of fused-ring (bicyclic) bond motifs is 1. The van der Waals surface area contributed by atoms with Crippen molar-refractivity contribution in [2.45, 2.75) is 46.3 Å². The lowest BCUT2D eigenvalue weighted by molar-refractivity contribution is -0.127. The van der Waals surface area contributed by atoms with Crippen molar-refractivity contribution in [1.82, 2.24) is 5.32 Å². The van der Waals surface area contributed by atoms with E-state index in [1.54, 1.807) is 6.92 Å². The van der Waals surface area contributed by atoms with Crippen LogP contribution >= 0.6 is 0 Å². The van der Waals surface area contributed by atoms with E-state index < -0.39 is 6.10 Å². The van der Waals surface area contributed by atoms with Crippen molar-refractivity contribution in [3.05, 3.63) is 77.4 Å². The first-order valence-electron chi connectivity index (χ1n) is 9.46. The molecular weight excluding hydrogens is 334 g/mol. The van der Waals surface area contributed by atoms with Crippen LogP contribution in [0.3, 0.4) is 0 Å². The Kier molecular flexibility index (Phi) is 5.80.